The molecule has 9 N–H and O–H groups in total. The van der Waals surface area contributed by atoms with Gasteiger partial charge in [0.05, 0.1) is 36.6 Å². The number of carboxylic acid groups (broad SMARTS) is 1. The summed E-state index contributed by atoms with van der Waals surface area (Å²) in [6, 6.07) is 7.86. The van der Waals surface area contributed by atoms with E-state index < -0.39 is 126 Å². The maximum Gasteiger partial charge on any atom is 0.410 e. The molecule has 1 fully saturated rings. The van der Waals surface area contributed by atoms with E-state index >= 15 is 0 Å². The van der Waals surface area contributed by atoms with Crippen LogP contribution in [0.25, 0.3) is 0 Å². The summed E-state index contributed by atoms with van der Waals surface area (Å²) in [7, 11) is 5.96. The first-order chi connectivity index (χ1) is 44.9. The van der Waals surface area contributed by atoms with Gasteiger partial charge in [-0.2, -0.15) is 0 Å². The van der Waals surface area contributed by atoms with Crippen molar-refractivity contribution in [2.45, 2.75) is 194 Å². The van der Waals surface area contributed by atoms with Gasteiger partial charge in [-0.05, 0) is 85.5 Å². The van der Waals surface area contributed by atoms with E-state index in [-0.39, 0.29) is 81.4 Å². The standard InChI is InChI=1S/C68H103N11O16/c1-14-43(8)59(51(93-12)38-55(83)78-36-22-26-50(78)60(94-13)44(9)61(84)73-49(66(89)90)37-45-23-17-15-18-24-45)76(10)65(88)57(41(4)5)75-64(87)58(42(6)7)77(11)68(92)95-39-46-28-30-47(31-29-46)71-62(85)48(25-21-34-70-67(69)91)72-63(86)56(40(2)3)74-52(80)27-19-16-20-35-79-53(81)32-33-54(79)82/h15,17-18,23-24,28-33,40-44,48-51,56-60H,14,16,19-22,25-27,34-39H2,1-13H3,(H,71,85)(H,72,86)(H,73,84)(H,74,80)(H,75,87)(H,89,90)(H3,69,70,91)/t43-,44+,48-,49-,50+,51+,56-,57-,58-,59+,60+/m0/s1. The average molecular weight is 1330 g/mol. The predicted molar refractivity (Wildman–Crippen MR) is 354 cm³/mol. The molecule has 1 saturated heterocycles. The van der Waals surface area contributed by atoms with Crippen LogP contribution in [0.2, 0.25) is 0 Å². The van der Waals surface area contributed by atoms with Crippen LogP contribution in [0.3, 0.4) is 0 Å². The number of carbonyl (C=O) groups is 12. The first-order valence-electron chi connectivity index (χ1n) is 32.9. The number of hydrogen-bond donors (Lipinski definition) is 8. The third-order valence-electron chi connectivity index (χ3n) is 17.6. The maximum absolute atomic E-state index is 14.8. The quantitative estimate of drug-likeness (QED) is 0.0333. The number of urea groups is 1. The number of nitrogens with two attached hydrogens (primary N) is 1. The Hall–Kier alpha value is -8.46. The molecule has 27 nitrogen and oxygen atoms in total. The Morgan fingerprint density at radius 2 is 1.33 bits per heavy atom. The number of hydrogen-bond acceptors (Lipinski definition) is 15. The summed E-state index contributed by atoms with van der Waals surface area (Å²) >= 11 is 0. The highest BCUT2D eigenvalue weighted by Gasteiger charge is 2.44. The number of likely N-dealkylation sites (tertiary alicyclic amines) is 1. The van der Waals surface area contributed by atoms with Gasteiger partial charge in [-0.1, -0.05) is 118 Å². The molecule has 0 radical (unpaired) electrons. The molecule has 2 aromatic rings. The number of nitrogens with one attached hydrogen (secondary N) is 6. The number of ether oxygens (including phenoxy) is 3. The first kappa shape index (κ1) is 79.0. The lowest BCUT2D eigenvalue weighted by atomic mass is 9.89. The van der Waals surface area contributed by atoms with E-state index in [0.717, 1.165) is 15.4 Å². The zero-order valence-corrected chi connectivity index (χ0v) is 57.5. The van der Waals surface area contributed by atoms with Crippen LogP contribution in [0.4, 0.5) is 15.3 Å². The van der Waals surface area contributed by atoms with Crippen LogP contribution in [0.5, 0.6) is 0 Å². The van der Waals surface area contributed by atoms with Crippen LogP contribution in [0.15, 0.2) is 66.7 Å². The molecule has 0 unspecified atom stereocenters. The molecule has 12 amide bonds. The maximum atomic E-state index is 14.8. The van der Waals surface area contributed by atoms with Crippen LogP contribution in [-0.2, 0) is 75.2 Å². The number of primary amides is 1. The van der Waals surface area contributed by atoms with Crippen LogP contribution in [0.1, 0.15) is 138 Å². The number of anilines is 1. The van der Waals surface area contributed by atoms with Crippen molar-refractivity contribution in [3.63, 3.8) is 0 Å². The Labute approximate surface area is 558 Å². The summed E-state index contributed by atoms with van der Waals surface area (Å²) in [6.45, 7) is 16.6. The van der Waals surface area contributed by atoms with Gasteiger partial charge in [-0.25, -0.2) is 14.4 Å². The third-order valence-corrected chi connectivity index (χ3v) is 17.6. The SMILES string of the molecule is CC[C@H](C)[C@H]([C@@H](CC(=O)N1CCC[C@@H]1[C@H](OC)[C@@H](C)C(=O)N[C@@H](Cc1ccccc1)C(=O)O)OC)N(C)C(=O)[C@@H](NC(=O)[C@H](C(C)C)N(C)C(=O)OCc1ccc(NC(=O)[C@H](CCCNC(N)=O)NC(=O)[C@@H](NC(=O)CCCCCN2C(=O)C=CC2=O)C(C)C)cc1)C(C)C. The molecule has 0 saturated carbocycles. The Bertz CT molecular complexity index is 2950. The lowest BCUT2D eigenvalue weighted by molar-refractivity contribution is -0.148. The van der Waals surface area contributed by atoms with E-state index in [1.807, 2.05) is 19.9 Å². The smallest absolute Gasteiger partial charge is 0.410 e. The fourth-order valence-corrected chi connectivity index (χ4v) is 12.0. The zero-order chi connectivity index (χ0) is 70.8. The number of likely N-dealkylation sites (N-methyl/N-ethyl adjacent to an activating group) is 2. The van der Waals surface area contributed by atoms with Crippen LogP contribution in [-0.4, -0.2) is 198 Å². The normalized spacial score (nSPS) is 16.9. The molecule has 0 aromatic heterocycles. The predicted octanol–water partition coefficient (Wildman–Crippen LogP) is 4.65. The molecule has 2 aliphatic rings. The minimum absolute atomic E-state index is 0.0752. The van der Waals surface area contributed by atoms with E-state index in [2.05, 4.69) is 31.9 Å². The number of nitrogens with zero attached hydrogens (tertiary/aromatic N) is 4. The number of rotatable bonds is 39. The lowest BCUT2D eigenvalue weighted by Gasteiger charge is -2.41. The summed E-state index contributed by atoms with van der Waals surface area (Å²) in [5.41, 5.74) is 6.83. The second-order valence-corrected chi connectivity index (χ2v) is 25.7. The van der Waals surface area contributed by atoms with E-state index in [4.69, 9.17) is 19.9 Å². The highest BCUT2D eigenvalue weighted by atomic mass is 16.6. The molecule has 2 aliphatic heterocycles. The zero-order valence-electron chi connectivity index (χ0n) is 57.5. The Kier molecular flexibility index (Phi) is 32.2. The number of imide groups is 1. The Balaban J connectivity index is 1.38. The van der Waals surface area contributed by atoms with Crippen molar-refractivity contribution < 1.29 is 76.9 Å². The monoisotopic (exact) mass is 1330 g/mol. The van der Waals surface area contributed by atoms with E-state index in [1.165, 1.54) is 38.3 Å². The highest BCUT2D eigenvalue weighted by Crippen LogP contribution is 2.30. The van der Waals surface area contributed by atoms with E-state index in [1.54, 1.807) is 109 Å². The molecule has 4 rings (SSSR count). The number of benzene rings is 2. The molecule has 0 aliphatic carbocycles. The molecule has 0 bridgehead atoms. The van der Waals surface area contributed by atoms with Gasteiger partial charge in [0.1, 0.15) is 36.8 Å². The van der Waals surface area contributed by atoms with Gasteiger partial charge in [-0.15, -0.1) is 0 Å². The van der Waals surface area contributed by atoms with Crippen LogP contribution < -0.4 is 37.6 Å². The molecule has 27 heteroatoms. The molecule has 0 spiro atoms. The highest BCUT2D eigenvalue weighted by molar-refractivity contribution is 6.12. The van der Waals surface area contributed by atoms with Gasteiger partial charge < -0.3 is 66.8 Å². The van der Waals surface area contributed by atoms with E-state index in [0.29, 0.717) is 56.3 Å². The van der Waals surface area contributed by atoms with Crippen molar-refractivity contribution in [3.05, 3.63) is 77.9 Å². The fraction of sp³-hybridized carbons (Fsp3) is 0.618. The van der Waals surface area contributed by atoms with Crippen LogP contribution in [0, 0.1) is 29.6 Å². The van der Waals surface area contributed by atoms with Crippen molar-refractivity contribution in [2.24, 2.45) is 35.3 Å². The van der Waals surface area contributed by atoms with Crippen molar-refractivity contribution in [1.82, 2.24) is 46.2 Å². The van der Waals surface area contributed by atoms with Crippen LogP contribution >= 0.6 is 0 Å². The summed E-state index contributed by atoms with van der Waals surface area (Å²) in [5.74, 6) is -7.74. The Morgan fingerprint density at radius 1 is 0.695 bits per heavy atom. The van der Waals surface area contributed by atoms with Gasteiger partial charge >= 0.3 is 18.1 Å². The molecule has 11 atom stereocenters. The Morgan fingerprint density at radius 3 is 1.89 bits per heavy atom. The van der Waals surface area contributed by atoms with Gasteiger partial charge in [0.25, 0.3) is 11.8 Å². The minimum atomic E-state index is -1.19. The average Bonchev–Trinajstić information content (AvgIpc) is 1.81. The number of unbranched alkanes of at least 4 members (excludes halogenated alkanes) is 2. The van der Waals surface area contributed by atoms with Gasteiger partial charge in [0.15, 0.2) is 0 Å². The number of amides is 12. The van der Waals surface area contributed by atoms with Gasteiger partial charge in [-0.3, -0.25) is 53.0 Å². The lowest BCUT2D eigenvalue weighted by Crippen LogP contribution is -2.60. The molecular weight excluding hydrogens is 1230 g/mol. The molecule has 526 valence electrons. The van der Waals surface area contributed by atoms with Crippen molar-refractivity contribution >= 4 is 76.9 Å². The van der Waals surface area contributed by atoms with Crippen molar-refractivity contribution in [2.75, 3.05) is 53.3 Å². The van der Waals surface area contributed by atoms with E-state index in [9.17, 15) is 62.6 Å². The molecule has 95 heavy (non-hydrogen) atoms. The minimum Gasteiger partial charge on any atom is -0.480 e. The summed E-state index contributed by atoms with van der Waals surface area (Å²) in [5, 5.41) is 26.4. The molecule has 2 heterocycles. The number of carbonyl (C=O) groups excluding carboxylic acids is 11. The third kappa shape index (κ3) is 23.8. The molecular formula is C68H103N11O16. The largest absolute Gasteiger partial charge is 0.480 e. The van der Waals surface area contributed by atoms with Gasteiger partial charge in [0, 0.05) is 78.6 Å². The topological polar surface area (TPSA) is 364 Å². The van der Waals surface area contributed by atoms with Gasteiger partial charge in [0.2, 0.25) is 41.4 Å². The second kappa shape index (κ2) is 38.8. The van der Waals surface area contributed by atoms with Crippen molar-refractivity contribution in [3.8, 4) is 0 Å². The summed E-state index contributed by atoms with van der Waals surface area (Å²) in [6.07, 6.45) is 3.58. The number of carboxylic acids is 1. The summed E-state index contributed by atoms with van der Waals surface area (Å²) < 4.78 is 17.7. The number of methoxy groups -OCH3 is 2. The second-order valence-electron chi connectivity index (χ2n) is 25.7. The fourth-order valence-electron chi connectivity index (χ4n) is 12.0. The first-order valence-corrected chi connectivity index (χ1v) is 32.9. The molecule has 2 aromatic carbocycles. The number of aliphatic carboxylic acids is 1. The van der Waals surface area contributed by atoms with Crippen molar-refractivity contribution in [1.29, 1.82) is 0 Å². The summed E-state index contributed by atoms with van der Waals surface area (Å²) in [4.78, 5) is 165.